The van der Waals surface area contributed by atoms with Crippen LogP contribution in [0.15, 0.2) is 41.3 Å². The van der Waals surface area contributed by atoms with Gasteiger partial charge in [0.2, 0.25) is 5.91 Å². The molecule has 2 aromatic rings. The van der Waals surface area contributed by atoms with Crippen LogP contribution in [0.2, 0.25) is 0 Å². The maximum absolute atomic E-state index is 13.9. The smallest absolute Gasteiger partial charge is 0.253 e. The molecule has 0 saturated carbocycles. The number of hydrogen-bond donors (Lipinski definition) is 1. The van der Waals surface area contributed by atoms with Gasteiger partial charge < -0.3 is 15.5 Å². The van der Waals surface area contributed by atoms with Gasteiger partial charge in [0.25, 0.3) is 5.91 Å². The number of likely N-dealkylation sites (tertiary alicyclic amines) is 2. The maximum Gasteiger partial charge on any atom is 0.253 e. The van der Waals surface area contributed by atoms with Crippen LogP contribution in [0.1, 0.15) is 28.8 Å². The van der Waals surface area contributed by atoms with E-state index in [-0.39, 0.29) is 52.6 Å². The summed E-state index contributed by atoms with van der Waals surface area (Å²) < 4.78 is 64.2. The van der Waals surface area contributed by atoms with E-state index in [2.05, 4.69) is 0 Å². The summed E-state index contributed by atoms with van der Waals surface area (Å²) in [5, 5.41) is 0. The van der Waals surface area contributed by atoms with Crippen LogP contribution in [-0.4, -0.2) is 68.0 Å². The molecular formula is C24H26F3N3O4S. The summed E-state index contributed by atoms with van der Waals surface area (Å²) in [4.78, 5) is 29.3. The van der Waals surface area contributed by atoms with Crippen molar-refractivity contribution in [2.45, 2.75) is 36.2 Å². The lowest BCUT2D eigenvalue weighted by Gasteiger charge is -2.26. The van der Waals surface area contributed by atoms with Gasteiger partial charge in [0.15, 0.2) is 21.5 Å². The Morgan fingerprint density at radius 2 is 1.80 bits per heavy atom. The molecule has 11 heteroatoms. The number of rotatable bonds is 6. The Labute approximate surface area is 201 Å². The lowest BCUT2D eigenvalue weighted by molar-refractivity contribution is -0.132. The van der Waals surface area contributed by atoms with Gasteiger partial charge in [0.05, 0.1) is 10.9 Å². The van der Waals surface area contributed by atoms with Gasteiger partial charge >= 0.3 is 0 Å². The first-order chi connectivity index (χ1) is 16.4. The summed E-state index contributed by atoms with van der Waals surface area (Å²) in [6, 6.07) is 6.08. The quantitative estimate of drug-likeness (QED) is 0.602. The second kappa shape index (κ2) is 9.62. The third kappa shape index (κ3) is 5.35. The molecule has 4 rings (SSSR count). The Kier molecular flexibility index (Phi) is 6.92. The SMILES string of the molecule is CS(=O)(=O)c1cccc(C(=O)N2C[C@@H]3CCN(C(=O)CC(N)Cc4cc(F)c(F)cc4F)[C@@H]3C2)c1. The van der Waals surface area contributed by atoms with Crippen molar-refractivity contribution in [1.82, 2.24) is 9.80 Å². The molecule has 35 heavy (non-hydrogen) atoms. The summed E-state index contributed by atoms with van der Waals surface area (Å²) in [6.45, 7) is 1.26. The van der Waals surface area contributed by atoms with Gasteiger partial charge in [-0.05, 0) is 42.7 Å². The van der Waals surface area contributed by atoms with Crippen LogP contribution in [0.25, 0.3) is 0 Å². The molecule has 188 valence electrons. The van der Waals surface area contributed by atoms with Gasteiger partial charge in [-0.2, -0.15) is 0 Å². The third-order valence-corrected chi connectivity index (χ3v) is 7.78. The Morgan fingerprint density at radius 1 is 1.09 bits per heavy atom. The zero-order valence-electron chi connectivity index (χ0n) is 19.1. The molecular weight excluding hydrogens is 483 g/mol. The first kappa shape index (κ1) is 25.2. The lowest BCUT2D eigenvalue weighted by atomic mass is 10.0. The molecule has 0 radical (unpaired) electrons. The number of benzene rings is 2. The maximum atomic E-state index is 13.9. The highest BCUT2D eigenvalue weighted by molar-refractivity contribution is 7.90. The van der Waals surface area contributed by atoms with Gasteiger partial charge in [-0.3, -0.25) is 9.59 Å². The van der Waals surface area contributed by atoms with Crippen LogP contribution < -0.4 is 5.73 Å². The van der Waals surface area contributed by atoms with Gasteiger partial charge in [0.1, 0.15) is 5.82 Å². The average molecular weight is 510 g/mol. The molecule has 7 nitrogen and oxygen atoms in total. The van der Waals surface area contributed by atoms with Crippen molar-refractivity contribution in [3.63, 3.8) is 0 Å². The molecule has 2 aliphatic heterocycles. The normalized spacial score (nSPS) is 20.7. The van der Waals surface area contributed by atoms with Crippen molar-refractivity contribution in [3.05, 3.63) is 65.0 Å². The minimum Gasteiger partial charge on any atom is -0.338 e. The van der Waals surface area contributed by atoms with E-state index in [1.807, 2.05) is 0 Å². The monoisotopic (exact) mass is 509 g/mol. The minimum absolute atomic E-state index is 0.0611. The molecule has 2 aromatic carbocycles. The fourth-order valence-electron chi connectivity index (χ4n) is 4.90. The van der Waals surface area contributed by atoms with Crippen LogP contribution in [-0.2, 0) is 21.1 Å². The Hall–Kier alpha value is -2.92. The van der Waals surface area contributed by atoms with Crippen molar-refractivity contribution in [1.29, 1.82) is 0 Å². The number of amides is 2. The minimum atomic E-state index is -3.46. The van der Waals surface area contributed by atoms with Crippen LogP contribution in [0, 0.1) is 23.4 Å². The molecule has 2 aliphatic rings. The number of nitrogens with zero attached hydrogens (tertiary/aromatic N) is 2. The number of sulfone groups is 1. The van der Waals surface area contributed by atoms with E-state index < -0.39 is 33.3 Å². The van der Waals surface area contributed by atoms with Gasteiger partial charge in [-0.1, -0.05) is 6.07 Å². The number of hydrogen-bond acceptors (Lipinski definition) is 5. The third-order valence-electron chi connectivity index (χ3n) is 6.67. The fourth-order valence-corrected chi connectivity index (χ4v) is 5.56. The second-order valence-electron chi connectivity index (χ2n) is 9.24. The molecule has 2 N–H and O–H groups in total. The van der Waals surface area contributed by atoms with E-state index in [4.69, 9.17) is 5.73 Å². The Balaban J connectivity index is 1.39. The first-order valence-electron chi connectivity index (χ1n) is 11.2. The average Bonchev–Trinajstić information content (AvgIpc) is 3.37. The van der Waals surface area contributed by atoms with Crippen LogP contribution >= 0.6 is 0 Å². The number of carbonyl (C=O) groups excluding carboxylic acids is 2. The van der Waals surface area contributed by atoms with Crippen LogP contribution in [0.3, 0.4) is 0 Å². The Morgan fingerprint density at radius 3 is 2.51 bits per heavy atom. The topological polar surface area (TPSA) is 101 Å². The highest BCUT2D eigenvalue weighted by Crippen LogP contribution is 2.33. The van der Waals surface area contributed by atoms with E-state index in [0.717, 1.165) is 12.3 Å². The van der Waals surface area contributed by atoms with Gasteiger partial charge in [-0.25, -0.2) is 21.6 Å². The van der Waals surface area contributed by atoms with E-state index in [0.29, 0.717) is 32.1 Å². The van der Waals surface area contributed by atoms with E-state index >= 15 is 0 Å². The zero-order chi connectivity index (χ0) is 25.5. The van der Waals surface area contributed by atoms with Crippen molar-refractivity contribution < 1.29 is 31.2 Å². The molecule has 3 atom stereocenters. The van der Waals surface area contributed by atoms with Crippen LogP contribution in [0.5, 0.6) is 0 Å². The van der Waals surface area contributed by atoms with Crippen molar-refractivity contribution >= 4 is 21.7 Å². The van der Waals surface area contributed by atoms with Crippen LogP contribution in [0.4, 0.5) is 13.2 Å². The molecule has 0 aromatic heterocycles. The molecule has 0 aliphatic carbocycles. The number of fused-ring (bicyclic) bond motifs is 1. The summed E-state index contributed by atoms with van der Waals surface area (Å²) >= 11 is 0. The van der Waals surface area contributed by atoms with Gasteiger partial charge in [-0.15, -0.1) is 0 Å². The van der Waals surface area contributed by atoms with Crippen molar-refractivity contribution in [3.8, 4) is 0 Å². The van der Waals surface area contributed by atoms with Crippen molar-refractivity contribution in [2.75, 3.05) is 25.9 Å². The molecule has 1 unspecified atom stereocenters. The Bertz CT molecular complexity index is 1270. The van der Waals surface area contributed by atoms with E-state index in [1.165, 1.54) is 18.2 Å². The largest absolute Gasteiger partial charge is 0.338 e. The molecule has 2 fully saturated rings. The van der Waals surface area contributed by atoms with E-state index in [9.17, 15) is 31.2 Å². The highest BCUT2D eigenvalue weighted by atomic mass is 32.2. The molecule has 2 heterocycles. The fraction of sp³-hybridized carbons (Fsp3) is 0.417. The first-order valence-corrected chi connectivity index (χ1v) is 13.1. The van der Waals surface area contributed by atoms with E-state index in [1.54, 1.807) is 15.9 Å². The summed E-state index contributed by atoms with van der Waals surface area (Å²) in [5.74, 6) is -3.86. The van der Waals surface area contributed by atoms with Crippen molar-refractivity contribution in [2.24, 2.45) is 11.7 Å². The summed E-state index contributed by atoms with van der Waals surface area (Å²) in [7, 11) is -3.46. The number of nitrogens with two attached hydrogens (primary N) is 1. The number of halogens is 3. The predicted octanol–water partition coefficient (Wildman–Crippen LogP) is 2.14. The molecule has 0 spiro atoms. The van der Waals surface area contributed by atoms with Gasteiger partial charge in [0, 0.05) is 55.9 Å². The highest BCUT2D eigenvalue weighted by Gasteiger charge is 2.44. The standard InChI is InChI=1S/C24H26F3N3O4S/c1-35(33,34)18-4-2-3-14(8-18)24(32)29-12-15-5-6-30(22(15)13-29)23(31)10-17(28)7-16-9-20(26)21(27)11-19(16)25/h2-4,8-9,11,15,17,22H,5-7,10,12-13,28H2,1H3/t15-,17?,22+/m0/s1. The number of carbonyl (C=O) groups is 2. The second-order valence-corrected chi connectivity index (χ2v) is 11.3. The summed E-state index contributed by atoms with van der Waals surface area (Å²) in [5.41, 5.74) is 6.19. The predicted molar refractivity (Wildman–Crippen MR) is 122 cm³/mol. The zero-order valence-corrected chi connectivity index (χ0v) is 19.9. The molecule has 2 amide bonds. The summed E-state index contributed by atoms with van der Waals surface area (Å²) in [6.07, 6.45) is 1.55. The lowest BCUT2D eigenvalue weighted by Crippen LogP contribution is -2.43. The molecule has 2 saturated heterocycles. The molecule has 0 bridgehead atoms.